The second-order valence-electron chi connectivity index (χ2n) is 4.39. The van der Waals surface area contributed by atoms with Gasteiger partial charge in [-0.3, -0.25) is 0 Å². The standard InChI is InChI=1S/C16H18O2/c17-12-15-9-5-4-6-13(15)10-11-16(18)14-7-2-1-3-8-14/h1-9,16-18H,10-12H2. The number of benzene rings is 2. The highest BCUT2D eigenvalue weighted by Crippen LogP contribution is 2.20. The molecule has 0 bridgehead atoms. The van der Waals surface area contributed by atoms with Crippen LogP contribution < -0.4 is 0 Å². The van der Waals surface area contributed by atoms with Gasteiger partial charge in [-0.25, -0.2) is 0 Å². The molecular weight excluding hydrogens is 224 g/mol. The van der Waals surface area contributed by atoms with Gasteiger partial charge in [0.05, 0.1) is 12.7 Å². The van der Waals surface area contributed by atoms with Crippen molar-refractivity contribution in [1.29, 1.82) is 0 Å². The number of aliphatic hydroxyl groups is 2. The lowest BCUT2D eigenvalue weighted by atomic mass is 9.98. The minimum absolute atomic E-state index is 0.0532. The fourth-order valence-electron chi connectivity index (χ4n) is 2.09. The minimum Gasteiger partial charge on any atom is -0.392 e. The summed E-state index contributed by atoms with van der Waals surface area (Å²) in [7, 11) is 0. The molecule has 2 nitrogen and oxygen atoms in total. The summed E-state index contributed by atoms with van der Waals surface area (Å²) in [5, 5.41) is 19.3. The lowest BCUT2D eigenvalue weighted by Crippen LogP contribution is -2.01. The van der Waals surface area contributed by atoms with Gasteiger partial charge in [0, 0.05) is 0 Å². The zero-order valence-corrected chi connectivity index (χ0v) is 10.3. The quantitative estimate of drug-likeness (QED) is 0.846. The van der Waals surface area contributed by atoms with Crippen molar-refractivity contribution in [3.63, 3.8) is 0 Å². The summed E-state index contributed by atoms with van der Waals surface area (Å²) in [4.78, 5) is 0. The number of hydrogen-bond donors (Lipinski definition) is 2. The van der Waals surface area contributed by atoms with Crippen LogP contribution in [0.1, 0.15) is 29.2 Å². The predicted molar refractivity (Wildman–Crippen MR) is 72.1 cm³/mol. The van der Waals surface area contributed by atoms with Crippen molar-refractivity contribution < 1.29 is 10.2 Å². The summed E-state index contributed by atoms with van der Waals surface area (Å²) < 4.78 is 0. The van der Waals surface area contributed by atoms with E-state index in [1.54, 1.807) is 0 Å². The van der Waals surface area contributed by atoms with Crippen LogP contribution in [-0.4, -0.2) is 10.2 Å². The number of aryl methyl sites for hydroxylation is 1. The molecule has 0 saturated carbocycles. The van der Waals surface area contributed by atoms with Crippen molar-refractivity contribution >= 4 is 0 Å². The molecule has 0 radical (unpaired) electrons. The van der Waals surface area contributed by atoms with E-state index in [4.69, 9.17) is 0 Å². The summed E-state index contributed by atoms with van der Waals surface area (Å²) in [6, 6.07) is 17.5. The summed E-state index contributed by atoms with van der Waals surface area (Å²) in [5.74, 6) is 0. The second-order valence-corrected chi connectivity index (χ2v) is 4.39. The molecule has 0 aliphatic heterocycles. The van der Waals surface area contributed by atoms with Gasteiger partial charge in [0.1, 0.15) is 0 Å². The van der Waals surface area contributed by atoms with Crippen molar-refractivity contribution in [2.45, 2.75) is 25.6 Å². The second kappa shape index (κ2) is 6.34. The molecule has 0 spiro atoms. The molecular formula is C16H18O2. The number of hydrogen-bond acceptors (Lipinski definition) is 2. The van der Waals surface area contributed by atoms with E-state index in [1.165, 1.54) is 0 Å². The molecule has 1 unspecified atom stereocenters. The van der Waals surface area contributed by atoms with Crippen LogP contribution in [0.4, 0.5) is 0 Å². The Balaban J connectivity index is 1.99. The Morgan fingerprint density at radius 1 is 0.833 bits per heavy atom. The Morgan fingerprint density at radius 2 is 1.44 bits per heavy atom. The Bertz CT molecular complexity index is 479. The Hall–Kier alpha value is -1.64. The molecule has 94 valence electrons. The van der Waals surface area contributed by atoms with Gasteiger partial charge < -0.3 is 10.2 Å². The Kier molecular flexibility index (Phi) is 4.51. The molecule has 18 heavy (non-hydrogen) atoms. The largest absolute Gasteiger partial charge is 0.392 e. The molecule has 2 aromatic carbocycles. The third kappa shape index (κ3) is 3.19. The van der Waals surface area contributed by atoms with Gasteiger partial charge in [-0.1, -0.05) is 54.6 Å². The first-order valence-corrected chi connectivity index (χ1v) is 6.22. The smallest absolute Gasteiger partial charge is 0.0793 e. The molecule has 2 aromatic rings. The molecule has 2 N–H and O–H groups in total. The van der Waals surface area contributed by atoms with Gasteiger partial charge in [-0.05, 0) is 29.5 Å². The minimum atomic E-state index is -0.446. The van der Waals surface area contributed by atoms with Crippen LogP contribution >= 0.6 is 0 Å². The van der Waals surface area contributed by atoms with E-state index >= 15 is 0 Å². The van der Waals surface area contributed by atoms with Crippen LogP contribution in [0.25, 0.3) is 0 Å². The monoisotopic (exact) mass is 242 g/mol. The van der Waals surface area contributed by atoms with Crippen LogP contribution in [0, 0.1) is 0 Å². The zero-order chi connectivity index (χ0) is 12.8. The van der Waals surface area contributed by atoms with Crippen LogP contribution in [0.2, 0.25) is 0 Å². The fourth-order valence-corrected chi connectivity index (χ4v) is 2.09. The van der Waals surface area contributed by atoms with E-state index in [1.807, 2.05) is 54.6 Å². The van der Waals surface area contributed by atoms with Crippen LogP contribution in [0.15, 0.2) is 54.6 Å². The van der Waals surface area contributed by atoms with Crippen molar-refractivity contribution in [2.75, 3.05) is 0 Å². The Labute approximate surface area is 108 Å². The molecule has 0 saturated heterocycles. The maximum Gasteiger partial charge on any atom is 0.0793 e. The van der Waals surface area contributed by atoms with Gasteiger partial charge >= 0.3 is 0 Å². The van der Waals surface area contributed by atoms with Gasteiger partial charge in [-0.2, -0.15) is 0 Å². The van der Waals surface area contributed by atoms with Gasteiger partial charge in [0.25, 0.3) is 0 Å². The molecule has 0 aromatic heterocycles. The van der Waals surface area contributed by atoms with E-state index in [0.29, 0.717) is 6.42 Å². The summed E-state index contributed by atoms with van der Waals surface area (Å²) in [6.07, 6.45) is 0.992. The first-order chi connectivity index (χ1) is 8.81. The van der Waals surface area contributed by atoms with Crippen molar-refractivity contribution in [1.82, 2.24) is 0 Å². The average Bonchev–Trinajstić information content (AvgIpc) is 2.46. The normalized spacial score (nSPS) is 12.3. The molecule has 1 atom stereocenters. The van der Waals surface area contributed by atoms with E-state index in [-0.39, 0.29) is 6.61 Å². The highest BCUT2D eigenvalue weighted by atomic mass is 16.3. The number of aliphatic hydroxyl groups excluding tert-OH is 2. The van der Waals surface area contributed by atoms with Crippen LogP contribution in [0.5, 0.6) is 0 Å². The molecule has 0 aliphatic carbocycles. The van der Waals surface area contributed by atoms with Crippen molar-refractivity contribution in [3.8, 4) is 0 Å². The highest BCUT2D eigenvalue weighted by molar-refractivity contribution is 5.27. The van der Waals surface area contributed by atoms with E-state index in [2.05, 4.69) is 0 Å². The van der Waals surface area contributed by atoms with E-state index in [0.717, 1.165) is 23.1 Å². The van der Waals surface area contributed by atoms with E-state index in [9.17, 15) is 10.2 Å². The molecule has 0 aliphatic rings. The SMILES string of the molecule is OCc1ccccc1CCC(O)c1ccccc1. The molecule has 0 heterocycles. The third-order valence-electron chi connectivity index (χ3n) is 3.16. The van der Waals surface area contributed by atoms with Crippen LogP contribution in [0.3, 0.4) is 0 Å². The third-order valence-corrected chi connectivity index (χ3v) is 3.16. The maximum absolute atomic E-state index is 10.1. The topological polar surface area (TPSA) is 40.5 Å². The van der Waals surface area contributed by atoms with Gasteiger partial charge in [0.2, 0.25) is 0 Å². The molecule has 0 amide bonds. The van der Waals surface area contributed by atoms with Crippen molar-refractivity contribution in [3.05, 3.63) is 71.3 Å². The predicted octanol–water partition coefficient (Wildman–Crippen LogP) is 2.85. The summed E-state index contributed by atoms with van der Waals surface area (Å²) >= 11 is 0. The van der Waals surface area contributed by atoms with E-state index < -0.39 is 6.10 Å². The maximum atomic E-state index is 10.1. The van der Waals surface area contributed by atoms with Crippen LogP contribution in [-0.2, 0) is 13.0 Å². The lowest BCUT2D eigenvalue weighted by Gasteiger charge is -2.12. The lowest BCUT2D eigenvalue weighted by molar-refractivity contribution is 0.167. The molecule has 2 heteroatoms. The Morgan fingerprint density at radius 3 is 2.11 bits per heavy atom. The first-order valence-electron chi connectivity index (χ1n) is 6.22. The molecule has 0 fully saturated rings. The first kappa shape index (κ1) is 12.8. The summed E-state index contributed by atoms with van der Waals surface area (Å²) in [6.45, 7) is 0.0532. The van der Waals surface area contributed by atoms with Gasteiger partial charge in [-0.15, -0.1) is 0 Å². The molecule has 2 rings (SSSR count). The average molecular weight is 242 g/mol. The summed E-state index contributed by atoms with van der Waals surface area (Å²) in [5.41, 5.74) is 2.99. The zero-order valence-electron chi connectivity index (χ0n) is 10.3. The van der Waals surface area contributed by atoms with Crippen molar-refractivity contribution in [2.24, 2.45) is 0 Å². The van der Waals surface area contributed by atoms with Gasteiger partial charge in [0.15, 0.2) is 0 Å². The highest BCUT2D eigenvalue weighted by Gasteiger charge is 2.08. The number of rotatable bonds is 5. The fraction of sp³-hybridized carbons (Fsp3) is 0.250.